The molecule has 2 heterocycles. The minimum absolute atomic E-state index is 0.0469. The number of amides is 2. The van der Waals surface area contributed by atoms with Crippen LogP contribution in [0.25, 0.3) is 16.9 Å². The molecular weight excluding hydrogens is 471 g/mol. The molecule has 0 radical (unpaired) electrons. The monoisotopic (exact) mass is 492 g/mol. The highest BCUT2D eigenvalue weighted by Gasteiger charge is 2.30. The number of furan rings is 1. The average molecular weight is 493 g/mol. The SMILES string of the molecule is O=C(CN(CC1CC1)C(=O)c1ccco1)Nc1nc(-c2ccccc2)cn1-c1ccc(F)c(Cl)c1. The van der Waals surface area contributed by atoms with Crippen LogP contribution in [0, 0.1) is 11.7 Å². The maximum Gasteiger partial charge on any atom is 0.290 e. The summed E-state index contributed by atoms with van der Waals surface area (Å²) in [6, 6.07) is 16.9. The number of imidazole rings is 1. The minimum atomic E-state index is -0.545. The van der Waals surface area contributed by atoms with Gasteiger partial charge in [-0.25, -0.2) is 9.37 Å². The summed E-state index contributed by atoms with van der Waals surface area (Å²) < 4.78 is 20.6. The molecule has 0 spiro atoms. The predicted octanol–water partition coefficient (Wildman–Crippen LogP) is 5.42. The third-order valence-corrected chi connectivity index (χ3v) is 6.03. The summed E-state index contributed by atoms with van der Waals surface area (Å²) in [7, 11) is 0. The highest BCUT2D eigenvalue weighted by molar-refractivity contribution is 6.30. The molecule has 9 heteroatoms. The van der Waals surface area contributed by atoms with Gasteiger partial charge < -0.3 is 9.32 Å². The van der Waals surface area contributed by atoms with Gasteiger partial charge in [0.15, 0.2) is 5.76 Å². The van der Waals surface area contributed by atoms with Crippen molar-refractivity contribution in [1.82, 2.24) is 14.5 Å². The van der Waals surface area contributed by atoms with Crippen molar-refractivity contribution in [2.45, 2.75) is 12.8 Å². The Morgan fingerprint density at radius 1 is 1.14 bits per heavy atom. The molecule has 0 unspecified atom stereocenters. The maximum absolute atomic E-state index is 13.8. The zero-order valence-corrected chi connectivity index (χ0v) is 19.4. The van der Waals surface area contributed by atoms with Crippen LogP contribution < -0.4 is 5.32 Å². The number of carbonyl (C=O) groups is 2. The van der Waals surface area contributed by atoms with Crippen LogP contribution in [0.15, 0.2) is 77.5 Å². The Hall–Kier alpha value is -3.91. The number of hydrogen-bond donors (Lipinski definition) is 1. The van der Waals surface area contributed by atoms with Crippen LogP contribution in [0.2, 0.25) is 5.02 Å². The first-order valence-electron chi connectivity index (χ1n) is 11.2. The first-order valence-corrected chi connectivity index (χ1v) is 11.6. The Kier molecular flexibility index (Phi) is 6.37. The Morgan fingerprint density at radius 3 is 2.63 bits per heavy atom. The molecule has 1 aliphatic carbocycles. The van der Waals surface area contributed by atoms with Gasteiger partial charge >= 0.3 is 0 Å². The number of benzene rings is 2. The summed E-state index contributed by atoms with van der Waals surface area (Å²) in [5, 5.41) is 2.76. The molecule has 1 aliphatic rings. The Morgan fingerprint density at radius 2 is 1.94 bits per heavy atom. The zero-order valence-electron chi connectivity index (χ0n) is 18.7. The van der Waals surface area contributed by atoms with E-state index in [0.29, 0.717) is 23.8 Å². The van der Waals surface area contributed by atoms with Crippen molar-refractivity contribution in [3.63, 3.8) is 0 Å². The average Bonchev–Trinajstić information content (AvgIpc) is 3.33. The molecule has 0 atom stereocenters. The number of nitrogens with one attached hydrogen (secondary N) is 1. The van der Waals surface area contributed by atoms with E-state index in [4.69, 9.17) is 16.0 Å². The molecule has 2 amide bonds. The highest BCUT2D eigenvalue weighted by atomic mass is 35.5. The lowest BCUT2D eigenvalue weighted by molar-refractivity contribution is -0.117. The summed E-state index contributed by atoms with van der Waals surface area (Å²) in [4.78, 5) is 32.0. The van der Waals surface area contributed by atoms with Crippen LogP contribution in [0.3, 0.4) is 0 Å². The minimum Gasteiger partial charge on any atom is -0.459 e. The van der Waals surface area contributed by atoms with Gasteiger partial charge in [0.2, 0.25) is 11.9 Å². The van der Waals surface area contributed by atoms with E-state index in [9.17, 15) is 14.0 Å². The van der Waals surface area contributed by atoms with Crippen LogP contribution in [-0.2, 0) is 4.79 Å². The standard InChI is InChI=1S/C26H22ClFN4O3/c27-20-13-19(10-11-21(20)28)32-15-22(18-5-2-1-3-6-18)29-26(32)30-24(33)16-31(14-17-8-9-17)25(34)23-7-4-12-35-23/h1-7,10-13,15,17H,8-9,14,16H2,(H,29,30,33). The molecule has 35 heavy (non-hydrogen) atoms. The fourth-order valence-electron chi connectivity index (χ4n) is 3.77. The van der Waals surface area contributed by atoms with Gasteiger partial charge in [-0.3, -0.25) is 19.5 Å². The molecule has 2 aromatic carbocycles. The zero-order chi connectivity index (χ0) is 24.4. The summed E-state index contributed by atoms with van der Waals surface area (Å²) in [6.45, 7) is 0.317. The van der Waals surface area contributed by atoms with E-state index in [2.05, 4.69) is 10.3 Å². The fraction of sp³-hybridized carbons (Fsp3) is 0.192. The van der Waals surface area contributed by atoms with Gasteiger partial charge in [0, 0.05) is 18.3 Å². The lowest BCUT2D eigenvalue weighted by Crippen LogP contribution is -2.39. The number of carbonyl (C=O) groups excluding carboxylic acids is 2. The number of halogens is 2. The molecule has 4 aromatic rings. The normalized spacial score (nSPS) is 13.0. The molecule has 0 bridgehead atoms. The van der Waals surface area contributed by atoms with E-state index in [1.54, 1.807) is 29.0 Å². The number of anilines is 1. The van der Waals surface area contributed by atoms with Gasteiger partial charge in [-0.1, -0.05) is 41.9 Å². The number of aromatic nitrogens is 2. The summed E-state index contributed by atoms with van der Waals surface area (Å²) in [6.07, 6.45) is 5.22. The van der Waals surface area contributed by atoms with Crippen molar-refractivity contribution in [1.29, 1.82) is 0 Å². The Bertz CT molecular complexity index is 1350. The van der Waals surface area contributed by atoms with Crippen LogP contribution in [0.4, 0.5) is 10.3 Å². The topological polar surface area (TPSA) is 80.4 Å². The quantitative estimate of drug-likeness (QED) is 0.356. The second kappa shape index (κ2) is 9.76. The maximum atomic E-state index is 13.8. The smallest absolute Gasteiger partial charge is 0.290 e. The number of hydrogen-bond acceptors (Lipinski definition) is 4. The largest absolute Gasteiger partial charge is 0.459 e. The van der Waals surface area contributed by atoms with Gasteiger partial charge in [-0.2, -0.15) is 0 Å². The third kappa shape index (κ3) is 5.27. The van der Waals surface area contributed by atoms with Gasteiger partial charge in [-0.05, 0) is 49.1 Å². The third-order valence-electron chi connectivity index (χ3n) is 5.74. The van der Waals surface area contributed by atoms with E-state index in [-0.39, 0.29) is 29.2 Å². The molecule has 1 fully saturated rings. The summed E-state index contributed by atoms with van der Waals surface area (Å²) in [5.74, 6) is -0.493. The van der Waals surface area contributed by atoms with Crippen molar-refractivity contribution >= 4 is 29.4 Å². The van der Waals surface area contributed by atoms with Crippen LogP contribution >= 0.6 is 11.6 Å². The van der Waals surface area contributed by atoms with E-state index < -0.39 is 11.7 Å². The predicted molar refractivity (Wildman–Crippen MR) is 130 cm³/mol. The molecule has 0 saturated heterocycles. The van der Waals surface area contributed by atoms with E-state index in [0.717, 1.165) is 18.4 Å². The lowest BCUT2D eigenvalue weighted by Gasteiger charge is -2.21. The number of nitrogens with zero attached hydrogens (tertiary/aromatic N) is 3. The molecular formula is C26H22ClFN4O3. The van der Waals surface area contributed by atoms with Crippen LogP contribution in [-0.4, -0.2) is 39.4 Å². The fourth-order valence-corrected chi connectivity index (χ4v) is 3.95. The van der Waals surface area contributed by atoms with E-state index in [1.165, 1.54) is 23.3 Å². The molecule has 7 nitrogen and oxygen atoms in total. The van der Waals surface area contributed by atoms with Crippen LogP contribution in [0.1, 0.15) is 23.4 Å². The van der Waals surface area contributed by atoms with E-state index >= 15 is 0 Å². The summed E-state index contributed by atoms with van der Waals surface area (Å²) >= 11 is 6.00. The molecule has 0 aliphatic heterocycles. The molecule has 1 saturated carbocycles. The van der Waals surface area contributed by atoms with E-state index in [1.807, 2.05) is 30.3 Å². The molecule has 5 rings (SSSR count). The molecule has 178 valence electrons. The second-order valence-corrected chi connectivity index (χ2v) is 8.85. The van der Waals surface area contributed by atoms with Crippen molar-refractivity contribution < 1.29 is 18.4 Å². The van der Waals surface area contributed by atoms with Crippen molar-refractivity contribution in [2.24, 2.45) is 5.92 Å². The van der Waals surface area contributed by atoms with Crippen molar-refractivity contribution in [3.05, 3.63) is 89.7 Å². The molecule has 2 aromatic heterocycles. The van der Waals surface area contributed by atoms with Crippen molar-refractivity contribution in [3.8, 4) is 16.9 Å². The Labute approximate surface area is 206 Å². The van der Waals surface area contributed by atoms with Gasteiger partial charge in [0.25, 0.3) is 5.91 Å². The Balaban J connectivity index is 1.42. The lowest BCUT2D eigenvalue weighted by atomic mass is 10.2. The van der Waals surface area contributed by atoms with Gasteiger partial charge in [0.1, 0.15) is 12.4 Å². The molecule has 1 N–H and O–H groups in total. The number of rotatable bonds is 8. The highest BCUT2D eigenvalue weighted by Crippen LogP contribution is 2.30. The summed E-state index contributed by atoms with van der Waals surface area (Å²) in [5.41, 5.74) is 1.99. The van der Waals surface area contributed by atoms with Crippen molar-refractivity contribution in [2.75, 3.05) is 18.4 Å². The first-order chi connectivity index (χ1) is 17.0. The van der Waals surface area contributed by atoms with Crippen LogP contribution in [0.5, 0.6) is 0 Å². The first kappa shape index (κ1) is 22.9. The van der Waals surface area contributed by atoms with Gasteiger partial charge in [-0.15, -0.1) is 0 Å². The van der Waals surface area contributed by atoms with Gasteiger partial charge in [0.05, 0.1) is 22.7 Å². The second-order valence-electron chi connectivity index (χ2n) is 8.44.